The maximum atomic E-state index is 12.7. The summed E-state index contributed by atoms with van der Waals surface area (Å²) in [5.74, 6) is 0.240. The fourth-order valence-corrected chi connectivity index (χ4v) is 2.37. The summed E-state index contributed by atoms with van der Waals surface area (Å²) in [6.07, 6.45) is 5.17. The summed E-state index contributed by atoms with van der Waals surface area (Å²) >= 11 is 0. The molecular formula is C13H17FO. The van der Waals surface area contributed by atoms with Crippen molar-refractivity contribution in [2.75, 3.05) is 0 Å². The van der Waals surface area contributed by atoms with Gasteiger partial charge in [0.2, 0.25) is 0 Å². The molecule has 1 aliphatic rings. The van der Waals surface area contributed by atoms with Gasteiger partial charge in [-0.05, 0) is 42.9 Å². The molecule has 1 fully saturated rings. The van der Waals surface area contributed by atoms with E-state index in [1.54, 1.807) is 12.1 Å². The van der Waals surface area contributed by atoms with Crippen LogP contribution in [0.5, 0.6) is 0 Å². The number of aliphatic hydroxyl groups excluding tert-OH is 1. The van der Waals surface area contributed by atoms with Crippen LogP contribution in [0.3, 0.4) is 0 Å². The fraction of sp³-hybridized carbons (Fsp3) is 0.538. The summed E-state index contributed by atoms with van der Waals surface area (Å²) in [7, 11) is 0. The van der Waals surface area contributed by atoms with Crippen molar-refractivity contribution >= 4 is 0 Å². The van der Waals surface area contributed by atoms with Gasteiger partial charge in [-0.25, -0.2) is 4.39 Å². The molecule has 1 atom stereocenters. The van der Waals surface area contributed by atoms with Crippen LogP contribution in [-0.4, -0.2) is 11.2 Å². The first-order valence-electron chi connectivity index (χ1n) is 5.68. The second-order valence-electron chi connectivity index (χ2n) is 4.44. The Morgan fingerprint density at radius 1 is 1.20 bits per heavy atom. The van der Waals surface area contributed by atoms with Crippen molar-refractivity contribution in [3.63, 3.8) is 0 Å². The summed E-state index contributed by atoms with van der Waals surface area (Å²) < 4.78 is 12.7. The van der Waals surface area contributed by atoms with Crippen molar-refractivity contribution in [3.8, 4) is 0 Å². The lowest BCUT2D eigenvalue weighted by molar-refractivity contribution is 0.111. The van der Waals surface area contributed by atoms with Gasteiger partial charge in [-0.1, -0.05) is 25.0 Å². The molecule has 0 aliphatic heterocycles. The minimum Gasteiger partial charge on any atom is -0.392 e. The Morgan fingerprint density at radius 2 is 1.80 bits per heavy atom. The van der Waals surface area contributed by atoms with Gasteiger partial charge < -0.3 is 5.11 Å². The van der Waals surface area contributed by atoms with E-state index in [-0.39, 0.29) is 11.9 Å². The molecule has 0 amide bonds. The van der Waals surface area contributed by atoms with E-state index in [0.29, 0.717) is 12.3 Å². The first kappa shape index (κ1) is 10.6. The van der Waals surface area contributed by atoms with Crippen molar-refractivity contribution in [2.24, 2.45) is 5.92 Å². The molecule has 0 spiro atoms. The largest absolute Gasteiger partial charge is 0.392 e. The summed E-state index contributed by atoms with van der Waals surface area (Å²) in [6, 6.07) is 6.43. The van der Waals surface area contributed by atoms with Crippen LogP contribution in [0.2, 0.25) is 0 Å². The van der Waals surface area contributed by atoms with Crippen LogP contribution in [0.1, 0.15) is 31.2 Å². The monoisotopic (exact) mass is 208 g/mol. The number of benzene rings is 1. The summed E-state index contributed by atoms with van der Waals surface area (Å²) in [5.41, 5.74) is 1.02. The number of halogens is 1. The zero-order valence-electron chi connectivity index (χ0n) is 8.82. The molecule has 15 heavy (non-hydrogen) atoms. The normalized spacial score (nSPS) is 19.3. The Balaban J connectivity index is 1.92. The molecule has 82 valence electrons. The van der Waals surface area contributed by atoms with Crippen LogP contribution in [-0.2, 0) is 6.42 Å². The Morgan fingerprint density at radius 3 is 2.40 bits per heavy atom. The maximum absolute atomic E-state index is 12.7. The maximum Gasteiger partial charge on any atom is 0.123 e. The average molecular weight is 208 g/mol. The van der Waals surface area contributed by atoms with Gasteiger partial charge in [0, 0.05) is 0 Å². The lowest BCUT2D eigenvalue weighted by Gasteiger charge is -2.17. The topological polar surface area (TPSA) is 20.2 Å². The molecule has 1 saturated carbocycles. The zero-order valence-corrected chi connectivity index (χ0v) is 8.82. The first-order valence-corrected chi connectivity index (χ1v) is 5.68. The van der Waals surface area contributed by atoms with Crippen LogP contribution >= 0.6 is 0 Å². The predicted octanol–water partition coefficient (Wildman–Crippen LogP) is 2.92. The van der Waals surface area contributed by atoms with E-state index in [2.05, 4.69) is 0 Å². The van der Waals surface area contributed by atoms with Gasteiger partial charge in [0.1, 0.15) is 5.82 Å². The van der Waals surface area contributed by atoms with Crippen molar-refractivity contribution in [3.05, 3.63) is 35.6 Å². The zero-order chi connectivity index (χ0) is 10.7. The number of aliphatic hydroxyl groups is 1. The van der Waals surface area contributed by atoms with E-state index < -0.39 is 0 Å². The van der Waals surface area contributed by atoms with Crippen LogP contribution < -0.4 is 0 Å². The second-order valence-corrected chi connectivity index (χ2v) is 4.44. The molecule has 2 heteroatoms. The fourth-order valence-electron chi connectivity index (χ4n) is 2.37. The third-order valence-electron chi connectivity index (χ3n) is 3.30. The van der Waals surface area contributed by atoms with E-state index >= 15 is 0 Å². The van der Waals surface area contributed by atoms with Crippen LogP contribution in [0.4, 0.5) is 4.39 Å². The standard InChI is InChI=1S/C13H17FO/c14-12-7-5-10(6-8-12)9-13(15)11-3-1-2-4-11/h5-8,11,13,15H,1-4,9H2. The van der Waals surface area contributed by atoms with Crippen molar-refractivity contribution in [1.82, 2.24) is 0 Å². The van der Waals surface area contributed by atoms with Crippen LogP contribution in [0.15, 0.2) is 24.3 Å². The third kappa shape index (κ3) is 2.78. The smallest absolute Gasteiger partial charge is 0.123 e. The first-order chi connectivity index (χ1) is 7.25. The van der Waals surface area contributed by atoms with E-state index in [4.69, 9.17) is 0 Å². The molecule has 1 N–H and O–H groups in total. The number of hydrogen-bond donors (Lipinski definition) is 1. The highest BCUT2D eigenvalue weighted by molar-refractivity contribution is 5.17. The van der Waals surface area contributed by atoms with Gasteiger partial charge in [-0.15, -0.1) is 0 Å². The summed E-state index contributed by atoms with van der Waals surface area (Å²) in [4.78, 5) is 0. The lowest BCUT2D eigenvalue weighted by atomic mass is 9.95. The number of hydrogen-bond acceptors (Lipinski definition) is 1. The van der Waals surface area contributed by atoms with E-state index in [1.807, 2.05) is 0 Å². The second kappa shape index (κ2) is 4.75. The SMILES string of the molecule is OC(Cc1ccc(F)cc1)C1CCCC1. The van der Waals surface area contributed by atoms with Crippen LogP contribution in [0, 0.1) is 11.7 Å². The average Bonchev–Trinajstić information content (AvgIpc) is 2.74. The molecule has 1 aromatic carbocycles. The highest BCUT2D eigenvalue weighted by atomic mass is 19.1. The Kier molecular flexibility index (Phi) is 3.37. The molecule has 1 aromatic rings. The van der Waals surface area contributed by atoms with Gasteiger partial charge in [0.15, 0.2) is 0 Å². The van der Waals surface area contributed by atoms with Gasteiger partial charge >= 0.3 is 0 Å². The molecule has 0 radical (unpaired) electrons. The Bertz CT molecular complexity index is 301. The number of rotatable bonds is 3. The van der Waals surface area contributed by atoms with Crippen molar-refractivity contribution in [2.45, 2.75) is 38.2 Å². The predicted molar refractivity (Wildman–Crippen MR) is 58.1 cm³/mol. The molecule has 0 aromatic heterocycles. The lowest BCUT2D eigenvalue weighted by Crippen LogP contribution is -2.20. The van der Waals surface area contributed by atoms with E-state index in [0.717, 1.165) is 18.4 Å². The molecule has 1 nitrogen and oxygen atoms in total. The molecule has 0 saturated heterocycles. The molecular weight excluding hydrogens is 191 g/mol. The van der Waals surface area contributed by atoms with Crippen LogP contribution in [0.25, 0.3) is 0 Å². The highest BCUT2D eigenvalue weighted by Gasteiger charge is 2.22. The van der Waals surface area contributed by atoms with Gasteiger partial charge in [-0.3, -0.25) is 0 Å². The molecule has 0 bridgehead atoms. The molecule has 0 heterocycles. The highest BCUT2D eigenvalue weighted by Crippen LogP contribution is 2.29. The van der Waals surface area contributed by atoms with E-state index in [9.17, 15) is 9.50 Å². The van der Waals surface area contributed by atoms with Gasteiger partial charge in [0.25, 0.3) is 0 Å². The Hall–Kier alpha value is -0.890. The Labute approximate surface area is 89.9 Å². The summed E-state index contributed by atoms with van der Waals surface area (Å²) in [5, 5.41) is 9.98. The summed E-state index contributed by atoms with van der Waals surface area (Å²) in [6.45, 7) is 0. The quantitative estimate of drug-likeness (QED) is 0.809. The minimum absolute atomic E-state index is 0.214. The minimum atomic E-state index is -0.252. The molecule has 2 rings (SSSR count). The third-order valence-corrected chi connectivity index (χ3v) is 3.30. The molecule has 1 aliphatic carbocycles. The van der Waals surface area contributed by atoms with E-state index in [1.165, 1.54) is 25.0 Å². The van der Waals surface area contributed by atoms with Gasteiger partial charge in [-0.2, -0.15) is 0 Å². The van der Waals surface area contributed by atoms with Crippen molar-refractivity contribution in [1.29, 1.82) is 0 Å². The van der Waals surface area contributed by atoms with Gasteiger partial charge in [0.05, 0.1) is 6.10 Å². The molecule has 1 unspecified atom stereocenters. The van der Waals surface area contributed by atoms with Crippen molar-refractivity contribution < 1.29 is 9.50 Å².